The molecule has 1 aromatic heterocycles. The maximum absolute atomic E-state index is 11.9. The van der Waals surface area contributed by atoms with Crippen molar-refractivity contribution in [3.8, 4) is 0 Å². The largest absolute Gasteiger partial charge is 0.378 e. The maximum atomic E-state index is 11.9. The van der Waals surface area contributed by atoms with Gasteiger partial charge in [-0.15, -0.1) is 12.4 Å². The summed E-state index contributed by atoms with van der Waals surface area (Å²) in [6.07, 6.45) is 0. The summed E-state index contributed by atoms with van der Waals surface area (Å²) in [5.74, 6) is 0. The minimum absolute atomic E-state index is 0. The summed E-state index contributed by atoms with van der Waals surface area (Å²) in [7, 11) is 0. The van der Waals surface area contributed by atoms with Crippen molar-refractivity contribution >= 4 is 18.4 Å². The van der Waals surface area contributed by atoms with Gasteiger partial charge in [-0.2, -0.15) is 0 Å². The number of hydrogen-bond donors (Lipinski definition) is 1. The summed E-state index contributed by atoms with van der Waals surface area (Å²) in [5, 5.41) is 2.93. The van der Waals surface area contributed by atoms with Gasteiger partial charge in [0.2, 0.25) is 0 Å². The Morgan fingerprint density at radius 1 is 1.32 bits per heavy atom. The van der Waals surface area contributed by atoms with Crippen LogP contribution in [0.5, 0.6) is 0 Å². The van der Waals surface area contributed by atoms with Crippen LogP contribution in [0.1, 0.15) is 17.0 Å². The molecule has 1 aliphatic rings. The first kappa shape index (κ1) is 15.7. The summed E-state index contributed by atoms with van der Waals surface area (Å²) in [6.45, 7) is 7.04. The van der Waals surface area contributed by atoms with Crippen molar-refractivity contribution in [2.75, 3.05) is 26.3 Å². The second-order valence-electron chi connectivity index (χ2n) is 4.52. The number of morpholine rings is 1. The molecule has 0 atom stereocenters. The van der Waals surface area contributed by atoms with Crippen LogP contribution >= 0.6 is 12.4 Å². The fraction of sp³-hybridized carbons (Fsp3) is 0.538. The van der Waals surface area contributed by atoms with Gasteiger partial charge in [0, 0.05) is 31.0 Å². The molecule has 2 amide bonds. The third kappa shape index (κ3) is 4.69. The minimum Gasteiger partial charge on any atom is -0.378 e. The third-order valence-corrected chi connectivity index (χ3v) is 2.88. The number of halogens is 1. The number of amides is 2. The van der Waals surface area contributed by atoms with Crippen LogP contribution in [0, 0.1) is 13.8 Å². The van der Waals surface area contributed by atoms with Crippen LogP contribution in [-0.4, -0.2) is 42.2 Å². The number of aryl methyl sites for hydroxylation is 2. The monoisotopic (exact) mass is 285 g/mol. The van der Waals surface area contributed by atoms with Gasteiger partial charge in [0.15, 0.2) is 0 Å². The Balaban J connectivity index is 0.00000180. The molecule has 0 bridgehead atoms. The minimum atomic E-state index is -0.0228. The summed E-state index contributed by atoms with van der Waals surface area (Å²) < 4.78 is 5.21. The third-order valence-electron chi connectivity index (χ3n) is 2.88. The van der Waals surface area contributed by atoms with Crippen LogP contribution in [-0.2, 0) is 11.3 Å². The van der Waals surface area contributed by atoms with Crippen molar-refractivity contribution in [1.82, 2.24) is 15.2 Å². The Labute approximate surface area is 119 Å². The van der Waals surface area contributed by atoms with Gasteiger partial charge in [-0.1, -0.05) is 0 Å². The molecule has 0 spiro atoms. The smallest absolute Gasteiger partial charge is 0.317 e. The Bertz CT molecular complexity index is 414. The standard InChI is InChI=1S/C13H19N3O2.ClH/c1-10-7-12(8-11(2)15-10)9-14-13(17)16-3-5-18-6-4-16;/h7-8H,3-6,9H2,1-2H3,(H,14,17);1H. The van der Waals surface area contributed by atoms with E-state index in [9.17, 15) is 4.79 Å². The summed E-state index contributed by atoms with van der Waals surface area (Å²) in [5.41, 5.74) is 3.04. The van der Waals surface area contributed by atoms with Crippen LogP contribution < -0.4 is 5.32 Å². The molecule has 1 fully saturated rings. The molecule has 2 rings (SSSR count). The Kier molecular flexibility index (Phi) is 6.05. The van der Waals surface area contributed by atoms with E-state index in [4.69, 9.17) is 4.74 Å². The zero-order valence-corrected chi connectivity index (χ0v) is 12.1. The van der Waals surface area contributed by atoms with Gasteiger partial charge in [0.1, 0.15) is 0 Å². The number of ether oxygens (including phenoxy) is 1. The molecule has 2 heterocycles. The zero-order valence-electron chi connectivity index (χ0n) is 11.3. The van der Waals surface area contributed by atoms with Crippen LogP contribution in [0.3, 0.4) is 0 Å². The first-order chi connectivity index (χ1) is 8.65. The summed E-state index contributed by atoms with van der Waals surface area (Å²) in [4.78, 5) is 18.0. The fourth-order valence-corrected chi connectivity index (χ4v) is 2.08. The quantitative estimate of drug-likeness (QED) is 0.899. The van der Waals surface area contributed by atoms with E-state index in [1.165, 1.54) is 0 Å². The predicted molar refractivity (Wildman–Crippen MR) is 75.6 cm³/mol. The number of carbonyl (C=O) groups is 1. The number of urea groups is 1. The molecule has 1 aromatic rings. The Morgan fingerprint density at radius 3 is 2.47 bits per heavy atom. The number of nitrogens with one attached hydrogen (secondary N) is 1. The Morgan fingerprint density at radius 2 is 1.89 bits per heavy atom. The van der Waals surface area contributed by atoms with Gasteiger partial charge < -0.3 is 15.0 Å². The lowest BCUT2D eigenvalue weighted by Crippen LogP contribution is -2.45. The van der Waals surface area contributed by atoms with Gasteiger partial charge in [0.25, 0.3) is 0 Å². The lowest BCUT2D eigenvalue weighted by molar-refractivity contribution is 0.0531. The van der Waals surface area contributed by atoms with Gasteiger partial charge in [0.05, 0.1) is 13.2 Å². The highest BCUT2D eigenvalue weighted by atomic mass is 35.5. The van der Waals surface area contributed by atoms with Gasteiger partial charge >= 0.3 is 6.03 Å². The van der Waals surface area contributed by atoms with Gasteiger partial charge in [-0.3, -0.25) is 4.98 Å². The van der Waals surface area contributed by atoms with Crippen LogP contribution in [0.4, 0.5) is 4.79 Å². The van der Waals surface area contributed by atoms with E-state index in [-0.39, 0.29) is 18.4 Å². The van der Waals surface area contributed by atoms with E-state index < -0.39 is 0 Å². The number of aromatic nitrogens is 1. The van der Waals surface area contributed by atoms with Crippen LogP contribution in [0.25, 0.3) is 0 Å². The first-order valence-electron chi connectivity index (χ1n) is 6.20. The summed E-state index contributed by atoms with van der Waals surface area (Å²) >= 11 is 0. The Hall–Kier alpha value is -1.33. The number of pyridine rings is 1. The van der Waals surface area contributed by atoms with E-state index >= 15 is 0 Å². The van der Waals surface area contributed by atoms with Crippen molar-refractivity contribution in [2.45, 2.75) is 20.4 Å². The fourth-order valence-electron chi connectivity index (χ4n) is 2.08. The molecule has 0 saturated carbocycles. The van der Waals surface area contributed by atoms with Crippen molar-refractivity contribution in [2.24, 2.45) is 0 Å². The molecular weight excluding hydrogens is 266 g/mol. The molecule has 19 heavy (non-hydrogen) atoms. The van der Waals surface area contributed by atoms with E-state index in [0.717, 1.165) is 17.0 Å². The lowest BCUT2D eigenvalue weighted by atomic mass is 10.2. The van der Waals surface area contributed by atoms with Crippen LogP contribution in [0.2, 0.25) is 0 Å². The van der Waals surface area contributed by atoms with Crippen molar-refractivity contribution in [3.63, 3.8) is 0 Å². The molecule has 106 valence electrons. The molecule has 0 unspecified atom stereocenters. The lowest BCUT2D eigenvalue weighted by Gasteiger charge is -2.26. The molecule has 0 aromatic carbocycles. The molecule has 1 saturated heterocycles. The SMILES string of the molecule is Cc1cc(CNC(=O)N2CCOCC2)cc(C)n1.Cl. The number of hydrogen-bond acceptors (Lipinski definition) is 3. The molecule has 1 aliphatic heterocycles. The number of nitrogens with zero attached hydrogens (tertiary/aromatic N) is 2. The normalized spacial score (nSPS) is 14.7. The zero-order chi connectivity index (χ0) is 13.0. The number of rotatable bonds is 2. The van der Waals surface area contributed by atoms with E-state index in [0.29, 0.717) is 32.8 Å². The van der Waals surface area contributed by atoms with Gasteiger partial charge in [-0.05, 0) is 31.5 Å². The van der Waals surface area contributed by atoms with Crippen LogP contribution in [0.15, 0.2) is 12.1 Å². The van der Waals surface area contributed by atoms with Crippen molar-refractivity contribution < 1.29 is 9.53 Å². The van der Waals surface area contributed by atoms with E-state index in [1.54, 1.807) is 4.90 Å². The molecule has 0 radical (unpaired) electrons. The first-order valence-corrected chi connectivity index (χ1v) is 6.20. The maximum Gasteiger partial charge on any atom is 0.317 e. The molecule has 0 aliphatic carbocycles. The van der Waals surface area contributed by atoms with Crippen molar-refractivity contribution in [1.29, 1.82) is 0 Å². The molecule has 6 heteroatoms. The molecule has 1 N–H and O–H groups in total. The van der Waals surface area contributed by atoms with E-state index in [2.05, 4.69) is 10.3 Å². The highest BCUT2D eigenvalue weighted by Crippen LogP contribution is 2.05. The molecule has 5 nitrogen and oxygen atoms in total. The average molecular weight is 286 g/mol. The summed E-state index contributed by atoms with van der Waals surface area (Å²) in [6, 6.07) is 3.96. The highest BCUT2D eigenvalue weighted by Gasteiger charge is 2.16. The predicted octanol–water partition coefficient (Wildman–Crippen LogP) is 1.66. The molecular formula is C13H20ClN3O2. The van der Waals surface area contributed by atoms with Crippen molar-refractivity contribution in [3.05, 3.63) is 29.1 Å². The second-order valence-corrected chi connectivity index (χ2v) is 4.52. The van der Waals surface area contributed by atoms with Gasteiger partial charge in [-0.25, -0.2) is 4.79 Å². The number of carbonyl (C=O) groups excluding carboxylic acids is 1. The van der Waals surface area contributed by atoms with E-state index in [1.807, 2.05) is 26.0 Å². The second kappa shape index (κ2) is 7.31. The average Bonchev–Trinajstić information content (AvgIpc) is 2.36. The topological polar surface area (TPSA) is 54.5 Å². The highest BCUT2D eigenvalue weighted by molar-refractivity contribution is 5.85.